The lowest BCUT2D eigenvalue weighted by molar-refractivity contribution is 0.783. The molecule has 0 fully saturated rings. The fourth-order valence-corrected chi connectivity index (χ4v) is 1.61. The van der Waals surface area contributed by atoms with Crippen LogP contribution in [-0.4, -0.2) is 24.1 Å². The molecule has 0 aliphatic heterocycles. The summed E-state index contributed by atoms with van der Waals surface area (Å²) >= 11 is 0. The number of nitrogens with one attached hydrogen (secondary N) is 1. The van der Waals surface area contributed by atoms with Crippen molar-refractivity contribution < 1.29 is 0 Å². The van der Waals surface area contributed by atoms with Gasteiger partial charge in [-0.15, -0.1) is 0 Å². The van der Waals surface area contributed by atoms with Crippen molar-refractivity contribution in [3.05, 3.63) is 48.4 Å². The van der Waals surface area contributed by atoms with Crippen molar-refractivity contribution in [3.63, 3.8) is 0 Å². The van der Waals surface area contributed by atoms with Crippen LogP contribution in [0.1, 0.15) is 5.69 Å². The number of anilines is 2. The van der Waals surface area contributed by atoms with Crippen LogP contribution in [0.2, 0.25) is 0 Å². The van der Waals surface area contributed by atoms with Gasteiger partial charge in [0.1, 0.15) is 0 Å². The summed E-state index contributed by atoms with van der Waals surface area (Å²) in [6, 6.07) is 10.1. The molecule has 1 heterocycles. The molecule has 4 nitrogen and oxygen atoms in total. The van der Waals surface area contributed by atoms with E-state index in [1.54, 1.807) is 12.4 Å². The summed E-state index contributed by atoms with van der Waals surface area (Å²) in [7, 11) is 3.89. The highest BCUT2D eigenvalue weighted by Gasteiger charge is 2.05. The Bertz CT molecular complexity index is 470. The Kier molecular flexibility index (Phi) is 3.67. The molecule has 0 bridgehead atoms. The van der Waals surface area contributed by atoms with Crippen LogP contribution in [-0.2, 0) is 6.54 Å². The molecule has 0 unspecified atom stereocenters. The van der Waals surface area contributed by atoms with E-state index >= 15 is 0 Å². The first kappa shape index (κ1) is 11.5. The molecule has 0 saturated heterocycles. The van der Waals surface area contributed by atoms with Crippen molar-refractivity contribution in [2.24, 2.45) is 0 Å². The van der Waals surface area contributed by atoms with Gasteiger partial charge in [-0.3, -0.25) is 4.98 Å². The van der Waals surface area contributed by atoms with Gasteiger partial charge in [-0.1, -0.05) is 18.2 Å². The van der Waals surface area contributed by atoms with E-state index in [0.29, 0.717) is 0 Å². The van der Waals surface area contributed by atoms with E-state index in [-0.39, 0.29) is 0 Å². The van der Waals surface area contributed by atoms with Crippen molar-refractivity contribution in [3.8, 4) is 0 Å². The molecule has 0 radical (unpaired) electrons. The second kappa shape index (κ2) is 5.41. The van der Waals surface area contributed by atoms with Crippen LogP contribution < -0.4 is 10.2 Å². The number of hydrogen-bond donors (Lipinski definition) is 1. The molecule has 0 saturated carbocycles. The Balaban J connectivity index is 2.25. The minimum atomic E-state index is 0.726. The van der Waals surface area contributed by atoms with E-state index in [1.165, 1.54) is 0 Å². The third-order valence-electron chi connectivity index (χ3n) is 2.52. The second-order valence-corrected chi connectivity index (χ2v) is 3.79. The molecule has 0 aliphatic rings. The number of benzene rings is 1. The lowest BCUT2D eigenvalue weighted by Gasteiger charge is -2.18. The third kappa shape index (κ3) is 2.79. The first-order chi connectivity index (χ1) is 8.31. The van der Waals surface area contributed by atoms with Crippen LogP contribution in [0.3, 0.4) is 0 Å². The number of para-hydroxylation sites is 1. The van der Waals surface area contributed by atoms with Crippen molar-refractivity contribution >= 4 is 11.5 Å². The average molecular weight is 228 g/mol. The first-order valence-corrected chi connectivity index (χ1v) is 5.55. The van der Waals surface area contributed by atoms with Crippen LogP contribution in [0.25, 0.3) is 0 Å². The SMILES string of the molecule is CNCc1cncc(N(C)c2ccccc2)n1. The van der Waals surface area contributed by atoms with Gasteiger partial charge in [-0.25, -0.2) is 4.98 Å². The average Bonchev–Trinajstić information content (AvgIpc) is 2.40. The van der Waals surface area contributed by atoms with Crippen LogP contribution in [0.15, 0.2) is 42.7 Å². The lowest BCUT2D eigenvalue weighted by atomic mass is 10.3. The first-order valence-electron chi connectivity index (χ1n) is 5.55. The van der Waals surface area contributed by atoms with Gasteiger partial charge >= 0.3 is 0 Å². The smallest absolute Gasteiger partial charge is 0.151 e. The van der Waals surface area contributed by atoms with E-state index in [0.717, 1.165) is 23.7 Å². The van der Waals surface area contributed by atoms with Gasteiger partial charge in [0, 0.05) is 25.5 Å². The molecule has 1 N–H and O–H groups in total. The zero-order valence-electron chi connectivity index (χ0n) is 10.1. The zero-order chi connectivity index (χ0) is 12.1. The standard InChI is InChI=1S/C13H16N4/c1-14-8-11-9-15-10-13(16-11)17(2)12-6-4-3-5-7-12/h3-7,9-10,14H,8H2,1-2H3. The summed E-state index contributed by atoms with van der Waals surface area (Å²) in [5.74, 6) is 0.851. The molecule has 2 rings (SSSR count). The van der Waals surface area contributed by atoms with Crippen LogP contribution >= 0.6 is 0 Å². The minimum absolute atomic E-state index is 0.726. The number of aromatic nitrogens is 2. The molecular formula is C13H16N4. The monoisotopic (exact) mass is 228 g/mol. The van der Waals surface area contributed by atoms with Gasteiger partial charge in [0.15, 0.2) is 5.82 Å². The summed E-state index contributed by atoms with van der Waals surface area (Å²) < 4.78 is 0. The van der Waals surface area contributed by atoms with Crippen molar-refractivity contribution in [2.75, 3.05) is 19.0 Å². The number of rotatable bonds is 4. The molecule has 1 aromatic carbocycles. The summed E-state index contributed by atoms with van der Waals surface area (Å²) in [4.78, 5) is 10.8. The second-order valence-electron chi connectivity index (χ2n) is 3.79. The largest absolute Gasteiger partial charge is 0.328 e. The van der Waals surface area contributed by atoms with E-state index in [1.807, 2.05) is 49.3 Å². The molecule has 1 aromatic heterocycles. The highest BCUT2D eigenvalue weighted by molar-refractivity contribution is 5.57. The zero-order valence-corrected chi connectivity index (χ0v) is 10.1. The Morgan fingerprint density at radius 3 is 2.65 bits per heavy atom. The Labute approximate surface area is 101 Å². The lowest BCUT2D eigenvalue weighted by Crippen LogP contribution is -2.14. The predicted octanol–water partition coefficient (Wildman–Crippen LogP) is 1.96. The van der Waals surface area contributed by atoms with Gasteiger partial charge < -0.3 is 10.2 Å². The summed E-state index contributed by atoms with van der Waals surface area (Å²) in [5.41, 5.74) is 2.04. The van der Waals surface area contributed by atoms with Crippen molar-refractivity contribution in [2.45, 2.75) is 6.54 Å². The normalized spacial score (nSPS) is 10.2. The Morgan fingerprint density at radius 2 is 1.94 bits per heavy atom. The highest BCUT2D eigenvalue weighted by Crippen LogP contribution is 2.20. The molecule has 4 heteroatoms. The molecule has 0 amide bonds. The van der Waals surface area contributed by atoms with Crippen molar-refractivity contribution in [1.82, 2.24) is 15.3 Å². The maximum Gasteiger partial charge on any atom is 0.151 e. The molecule has 0 atom stereocenters. The fourth-order valence-electron chi connectivity index (χ4n) is 1.61. The van der Waals surface area contributed by atoms with Gasteiger partial charge in [-0.2, -0.15) is 0 Å². The summed E-state index contributed by atoms with van der Waals surface area (Å²) in [6.45, 7) is 0.726. The van der Waals surface area contributed by atoms with Crippen LogP contribution in [0.5, 0.6) is 0 Å². The molecule has 88 valence electrons. The van der Waals surface area contributed by atoms with E-state index < -0.39 is 0 Å². The van der Waals surface area contributed by atoms with Gasteiger partial charge in [-0.05, 0) is 19.2 Å². The highest BCUT2D eigenvalue weighted by atomic mass is 15.2. The molecular weight excluding hydrogens is 212 g/mol. The maximum absolute atomic E-state index is 4.54. The van der Waals surface area contributed by atoms with Crippen LogP contribution in [0, 0.1) is 0 Å². The van der Waals surface area contributed by atoms with E-state index in [9.17, 15) is 0 Å². The van der Waals surface area contributed by atoms with Gasteiger partial charge in [0.2, 0.25) is 0 Å². The van der Waals surface area contributed by atoms with E-state index in [4.69, 9.17) is 0 Å². The molecule has 17 heavy (non-hydrogen) atoms. The topological polar surface area (TPSA) is 41.1 Å². The van der Waals surface area contributed by atoms with Crippen molar-refractivity contribution in [1.29, 1.82) is 0 Å². The molecule has 0 aliphatic carbocycles. The maximum atomic E-state index is 4.54. The number of hydrogen-bond acceptors (Lipinski definition) is 4. The van der Waals surface area contributed by atoms with E-state index in [2.05, 4.69) is 15.3 Å². The summed E-state index contributed by atoms with van der Waals surface area (Å²) in [6.07, 6.45) is 3.55. The van der Waals surface area contributed by atoms with Gasteiger partial charge in [0.25, 0.3) is 0 Å². The van der Waals surface area contributed by atoms with Crippen LogP contribution in [0.4, 0.5) is 11.5 Å². The minimum Gasteiger partial charge on any atom is -0.328 e. The third-order valence-corrected chi connectivity index (χ3v) is 2.52. The quantitative estimate of drug-likeness (QED) is 0.868. The Morgan fingerprint density at radius 1 is 1.18 bits per heavy atom. The summed E-state index contributed by atoms with van der Waals surface area (Å²) in [5, 5.41) is 3.07. The fraction of sp³-hybridized carbons (Fsp3) is 0.231. The molecule has 0 spiro atoms. The number of nitrogens with zero attached hydrogens (tertiary/aromatic N) is 3. The molecule has 2 aromatic rings. The Hall–Kier alpha value is -1.94. The van der Waals surface area contributed by atoms with Gasteiger partial charge in [0.05, 0.1) is 11.9 Å². The predicted molar refractivity (Wildman–Crippen MR) is 69.3 cm³/mol.